The smallest absolute Gasteiger partial charge is 0.417 e. The van der Waals surface area contributed by atoms with Gasteiger partial charge in [0.15, 0.2) is 16.7 Å². The van der Waals surface area contributed by atoms with Crippen molar-refractivity contribution in [3.8, 4) is 11.8 Å². The van der Waals surface area contributed by atoms with Crippen LogP contribution in [-0.4, -0.2) is 36.1 Å². The first kappa shape index (κ1) is 26.3. The summed E-state index contributed by atoms with van der Waals surface area (Å²) in [6, 6.07) is 8.30. The number of alkyl halides is 3. The van der Waals surface area contributed by atoms with Crippen LogP contribution in [0.3, 0.4) is 0 Å². The Morgan fingerprint density at radius 2 is 1.84 bits per heavy atom. The molecule has 1 aliphatic heterocycles. The molecular formula is C25H22F4N4O3S. The van der Waals surface area contributed by atoms with Crippen molar-refractivity contribution in [3.63, 3.8) is 0 Å². The topological polar surface area (TPSA) is 85.7 Å². The van der Waals surface area contributed by atoms with Gasteiger partial charge in [-0.05, 0) is 69.2 Å². The molecule has 12 heteroatoms. The lowest BCUT2D eigenvalue weighted by Gasteiger charge is -2.29. The van der Waals surface area contributed by atoms with Crippen molar-refractivity contribution in [2.24, 2.45) is 5.41 Å². The predicted molar refractivity (Wildman–Crippen MR) is 130 cm³/mol. The first-order chi connectivity index (χ1) is 17.3. The molecule has 1 saturated carbocycles. The van der Waals surface area contributed by atoms with Gasteiger partial charge in [0.1, 0.15) is 12.1 Å². The van der Waals surface area contributed by atoms with Gasteiger partial charge in [-0.3, -0.25) is 14.5 Å². The quantitative estimate of drug-likeness (QED) is 0.433. The molecule has 0 unspecified atom stereocenters. The van der Waals surface area contributed by atoms with E-state index in [9.17, 15) is 27.2 Å². The molecule has 2 aliphatic rings. The fraction of sp³-hybridized carbons (Fsp3) is 0.360. The van der Waals surface area contributed by atoms with E-state index in [2.05, 4.69) is 5.32 Å². The van der Waals surface area contributed by atoms with Crippen molar-refractivity contribution >= 4 is 40.5 Å². The Morgan fingerprint density at radius 1 is 1.19 bits per heavy atom. The molecule has 1 saturated heterocycles. The predicted octanol–water partition coefficient (Wildman–Crippen LogP) is 4.54. The maximum atomic E-state index is 15.0. The highest BCUT2D eigenvalue weighted by Crippen LogP contribution is 2.46. The SMILES string of the molecule is CNC(=O)C1(COc2ccc(N3C(=S)N(c4ccc(C#N)c(C(F)(F)F)c4)C(=O)C3(C)C)cc2F)CC1. The zero-order valence-electron chi connectivity index (χ0n) is 20.1. The van der Waals surface area contributed by atoms with Crippen molar-refractivity contribution in [3.05, 3.63) is 53.3 Å². The maximum Gasteiger partial charge on any atom is 0.417 e. The number of thiocarbonyl (C=S) groups is 1. The molecule has 2 amide bonds. The van der Waals surface area contributed by atoms with Crippen LogP contribution in [0, 0.1) is 22.6 Å². The number of hydrogen-bond donors (Lipinski definition) is 1. The molecule has 1 N–H and O–H groups in total. The minimum atomic E-state index is -4.82. The number of ether oxygens (including phenoxy) is 1. The molecule has 0 atom stereocenters. The van der Waals surface area contributed by atoms with E-state index >= 15 is 0 Å². The fourth-order valence-electron chi connectivity index (χ4n) is 4.27. The number of carbonyl (C=O) groups excluding carboxylic acids is 2. The summed E-state index contributed by atoms with van der Waals surface area (Å²) in [7, 11) is 1.52. The lowest BCUT2D eigenvalue weighted by molar-refractivity contribution is -0.137. The van der Waals surface area contributed by atoms with E-state index in [0.717, 1.165) is 17.0 Å². The third-order valence-corrected chi connectivity index (χ3v) is 6.96. The minimum Gasteiger partial charge on any atom is -0.489 e. The maximum absolute atomic E-state index is 15.0. The van der Waals surface area contributed by atoms with Gasteiger partial charge in [-0.1, -0.05) is 0 Å². The van der Waals surface area contributed by atoms with Crippen LogP contribution >= 0.6 is 12.2 Å². The van der Waals surface area contributed by atoms with E-state index in [4.69, 9.17) is 22.2 Å². The number of anilines is 2. The summed E-state index contributed by atoms with van der Waals surface area (Å²) in [5.74, 6) is -1.65. The van der Waals surface area contributed by atoms with E-state index < -0.39 is 40.0 Å². The lowest BCUT2D eigenvalue weighted by Crippen LogP contribution is -2.44. The number of rotatable bonds is 6. The number of nitriles is 1. The van der Waals surface area contributed by atoms with Crippen molar-refractivity contribution in [2.75, 3.05) is 23.5 Å². The molecule has 0 spiro atoms. The monoisotopic (exact) mass is 534 g/mol. The van der Waals surface area contributed by atoms with Crippen LogP contribution in [0.1, 0.15) is 37.8 Å². The second-order valence-electron chi connectivity index (χ2n) is 9.42. The molecule has 2 aromatic carbocycles. The Labute approximate surface area is 215 Å². The molecule has 1 aliphatic carbocycles. The van der Waals surface area contributed by atoms with Crippen molar-refractivity contribution in [1.82, 2.24) is 5.32 Å². The average Bonchev–Trinajstić information content (AvgIpc) is 3.60. The van der Waals surface area contributed by atoms with Gasteiger partial charge in [-0.2, -0.15) is 18.4 Å². The van der Waals surface area contributed by atoms with Crippen LogP contribution in [0.15, 0.2) is 36.4 Å². The van der Waals surface area contributed by atoms with Crippen LogP contribution in [0.4, 0.5) is 28.9 Å². The Morgan fingerprint density at radius 3 is 2.38 bits per heavy atom. The summed E-state index contributed by atoms with van der Waals surface area (Å²) in [6.45, 7) is 3.03. The summed E-state index contributed by atoms with van der Waals surface area (Å²) >= 11 is 5.46. The first-order valence-electron chi connectivity index (χ1n) is 11.2. The van der Waals surface area contributed by atoms with Gasteiger partial charge < -0.3 is 15.0 Å². The van der Waals surface area contributed by atoms with E-state index in [1.807, 2.05) is 0 Å². The Balaban J connectivity index is 1.63. The second kappa shape index (κ2) is 8.99. The Bertz CT molecular complexity index is 1350. The van der Waals surface area contributed by atoms with Gasteiger partial charge in [0.2, 0.25) is 5.91 Å². The van der Waals surface area contributed by atoms with E-state index in [-0.39, 0.29) is 34.8 Å². The number of benzene rings is 2. The highest BCUT2D eigenvalue weighted by Gasteiger charge is 2.52. The fourth-order valence-corrected chi connectivity index (χ4v) is 4.80. The summed E-state index contributed by atoms with van der Waals surface area (Å²) in [4.78, 5) is 27.6. The molecule has 1 heterocycles. The summed E-state index contributed by atoms with van der Waals surface area (Å²) < 4.78 is 61.1. The summed E-state index contributed by atoms with van der Waals surface area (Å²) in [5, 5.41) is 11.5. The van der Waals surface area contributed by atoms with Crippen LogP contribution in [-0.2, 0) is 15.8 Å². The van der Waals surface area contributed by atoms with Crippen molar-refractivity contribution in [1.29, 1.82) is 5.26 Å². The molecule has 37 heavy (non-hydrogen) atoms. The highest BCUT2D eigenvalue weighted by atomic mass is 32.1. The second-order valence-corrected chi connectivity index (χ2v) is 9.79. The van der Waals surface area contributed by atoms with Gasteiger partial charge in [0.05, 0.1) is 28.3 Å². The third-order valence-electron chi connectivity index (χ3n) is 6.60. The van der Waals surface area contributed by atoms with Gasteiger partial charge in [-0.25, -0.2) is 4.39 Å². The molecule has 194 valence electrons. The highest BCUT2D eigenvalue weighted by molar-refractivity contribution is 7.81. The van der Waals surface area contributed by atoms with E-state index in [0.29, 0.717) is 18.9 Å². The van der Waals surface area contributed by atoms with Crippen molar-refractivity contribution in [2.45, 2.75) is 38.4 Å². The average molecular weight is 535 g/mol. The first-order valence-corrected chi connectivity index (χ1v) is 11.6. The zero-order valence-corrected chi connectivity index (χ0v) is 20.9. The van der Waals surface area contributed by atoms with Gasteiger partial charge >= 0.3 is 6.18 Å². The Hall–Kier alpha value is -3.72. The number of hydrogen-bond acceptors (Lipinski definition) is 5. The molecule has 0 bridgehead atoms. The zero-order chi connectivity index (χ0) is 27.3. The number of halogens is 4. The van der Waals surface area contributed by atoms with Crippen molar-refractivity contribution < 1.29 is 31.9 Å². The van der Waals surface area contributed by atoms with Crippen LogP contribution < -0.4 is 19.9 Å². The molecule has 2 aromatic rings. The third kappa shape index (κ3) is 4.48. The minimum absolute atomic E-state index is 0.00303. The van der Waals surface area contributed by atoms with Crippen LogP contribution in [0.25, 0.3) is 0 Å². The normalized spacial score (nSPS) is 18.0. The largest absolute Gasteiger partial charge is 0.489 e. The number of nitrogens with one attached hydrogen (secondary N) is 1. The van der Waals surface area contributed by atoms with E-state index in [1.54, 1.807) is 0 Å². The van der Waals surface area contributed by atoms with E-state index in [1.165, 1.54) is 50.1 Å². The molecule has 0 radical (unpaired) electrons. The molecular weight excluding hydrogens is 512 g/mol. The van der Waals surface area contributed by atoms with Crippen LogP contribution in [0.2, 0.25) is 0 Å². The standard InChI is InChI=1S/C25H22F4N4O3S/c1-23(2)21(35)32(15-5-4-14(12-30)17(10-15)25(27,28)29)22(37)33(23)16-6-7-19(18(26)11-16)36-13-24(8-9-24)20(34)31-3/h4-7,10-11H,8-9,13H2,1-3H3,(H,31,34). The molecule has 4 rings (SSSR count). The number of carbonyl (C=O) groups is 2. The summed E-state index contributed by atoms with van der Waals surface area (Å²) in [5.41, 5.74) is -3.81. The van der Waals surface area contributed by atoms with Gasteiger partial charge in [0.25, 0.3) is 5.91 Å². The molecule has 0 aromatic heterocycles. The summed E-state index contributed by atoms with van der Waals surface area (Å²) in [6.07, 6.45) is -3.56. The Kier molecular flexibility index (Phi) is 6.40. The number of amides is 2. The van der Waals surface area contributed by atoms with Gasteiger partial charge in [0, 0.05) is 18.8 Å². The van der Waals surface area contributed by atoms with Gasteiger partial charge in [-0.15, -0.1) is 0 Å². The number of nitrogens with zero attached hydrogens (tertiary/aromatic N) is 3. The lowest BCUT2D eigenvalue weighted by atomic mass is 10.0. The molecule has 2 fully saturated rings. The van der Waals surface area contributed by atoms with Crippen LogP contribution in [0.5, 0.6) is 5.75 Å². The molecule has 7 nitrogen and oxygen atoms in total.